The molecule has 0 radical (unpaired) electrons. The molecule has 24 heavy (non-hydrogen) atoms. The molecule has 0 aliphatic rings. The maximum Gasteiger partial charge on any atom is 0.343 e. The van der Waals surface area contributed by atoms with E-state index in [0.29, 0.717) is 17.9 Å². The zero-order chi connectivity index (χ0) is 17.2. The predicted molar refractivity (Wildman–Crippen MR) is 93.8 cm³/mol. The molecule has 2 aromatic rings. The van der Waals surface area contributed by atoms with Gasteiger partial charge in [0.2, 0.25) is 0 Å². The normalized spacial score (nSPS) is 10.4. The van der Waals surface area contributed by atoms with Gasteiger partial charge in [-0.3, -0.25) is 0 Å². The Balaban J connectivity index is 1.77. The quantitative estimate of drug-likeness (QED) is 0.401. The lowest BCUT2D eigenvalue weighted by atomic mass is 10.2. The topological polar surface area (TPSA) is 55.8 Å². The summed E-state index contributed by atoms with van der Waals surface area (Å²) in [5, 5.41) is 9.22. The number of benzene rings is 2. The first-order valence-corrected chi connectivity index (χ1v) is 8.43. The molecule has 0 heterocycles. The van der Waals surface area contributed by atoms with Crippen LogP contribution in [0.5, 0.6) is 17.2 Å². The number of hydrogen-bond donors (Lipinski definition) is 1. The van der Waals surface area contributed by atoms with Crippen molar-refractivity contribution < 1.29 is 19.4 Å². The first-order chi connectivity index (χ1) is 11.7. The molecule has 1 N–H and O–H groups in total. The van der Waals surface area contributed by atoms with Crippen molar-refractivity contribution >= 4 is 5.97 Å². The predicted octanol–water partition coefficient (Wildman–Crippen LogP) is 4.96. The highest BCUT2D eigenvalue weighted by atomic mass is 16.5. The summed E-state index contributed by atoms with van der Waals surface area (Å²) in [4.78, 5) is 12.0. The molecule has 2 aromatic carbocycles. The van der Waals surface area contributed by atoms with Crippen molar-refractivity contribution in [1.29, 1.82) is 0 Å². The lowest BCUT2D eigenvalue weighted by Crippen LogP contribution is -2.08. The minimum Gasteiger partial charge on any atom is -0.508 e. The van der Waals surface area contributed by atoms with Gasteiger partial charge in [0.15, 0.2) is 0 Å². The molecule has 0 aromatic heterocycles. The van der Waals surface area contributed by atoms with E-state index in [0.717, 1.165) is 12.2 Å². The second kappa shape index (κ2) is 9.60. The molecular weight excluding hydrogens is 304 g/mol. The summed E-state index contributed by atoms with van der Waals surface area (Å²) in [6, 6.07) is 13.0. The molecule has 4 heteroatoms. The monoisotopic (exact) mass is 328 g/mol. The van der Waals surface area contributed by atoms with E-state index in [4.69, 9.17) is 9.47 Å². The van der Waals surface area contributed by atoms with Gasteiger partial charge >= 0.3 is 5.97 Å². The number of unbranched alkanes of at least 4 members (excludes halogenated alkanes) is 4. The van der Waals surface area contributed by atoms with E-state index in [2.05, 4.69) is 6.92 Å². The lowest BCUT2D eigenvalue weighted by Gasteiger charge is -2.08. The number of carbonyl (C=O) groups excluding carboxylic acids is 1. The van der Waals surface area contributed by atoms with E-state index in [9.17, 15) is 9.90 Å². The highest BCUT2D eigenvalue weighted by molar-refractivity contribution is 5.91. The summed E-state index contributed by atoms with van der Waals surface area (Å²) in [6.45, 7) is 2.91. The third kappa shape index (κ3) is 5.95. The Hall–Kier alpha value is -2.49. The fourth-order valence-corrected chi connectivity index (χ4v) is 2.26. The highest BCUT2D eigenvalue weighted by Crippen LogP contribution is 2.19. The van der Waals surface area contributed by atoms with Gasteiger partial charge in [-0.05, 0) is 55.0 Å². The number of esters is 1. The SMILES string of the molecule is CCCCCCCOc1ccc(OC(=O)c2ccc(O)cc2)cc1. The van der Waals surface area contributed by atoms with E-state index < -0.39 is 5.97 Å². The Labute approximate surface area is 143 Å². The van der Waals surface area contributed by atoms with Crippen molar-refractivity contribution in [2.45, 2.75) is 39.0 Å². The van der Waals surface area contributed by atoms with Gasteiger partial charge < -0.3 is 14.6 Å². The molecule has 128 valence electrons. The minimum absolute atomic E-state index is 0.114. The summed E-state index contributed by atoms with van der Waals surface area (Å²) in [6.07, 6.45) is 6.02. The van der Waals surface area contributed by atoms with Crippen LogP contribution in [0.2, 0.25) is 0 Å². The van der Waals surface area contributed by atoms with Crippen molar-refractivity contribution in [2.24, 2.45) is 0 Å². The average Bonchev–Trinajstić information content (AvgIpc) is 2.60. The van der Waals surface area contributed by atoms with Crippen LogP contribution in [0.3, 0.4) is 0 Å². The smallest absolute Gasteiger partial charge is 0.343 e. The Morgan fingerprint density at radius 2 is 1.50 bits per heavy atom. The maximum atomic E-state index is 12.0. The molecule has 0 spiro atoms. The molecule has 0 fully saturated rings. The number of hydrogen-bond acceptors (Lipinski definition) is 4. The van der Waals surface area contributed by atoms with Crippen LogP contribution < -0.4 is 9.47 Å². The molecule has 0 unspecified atom stereocenters. The number of phenolic OH excluding ortho intramolecular Hbond substituents is 1. The summed E-state index contributed by atoms with van der Waals surface area (Å²) in [5.41, 5.74) is 0.389. The Bertz CT molecular complexity index is 617. The van der Waals surface area contributed by atoms with Crippen molar-refractivity contribution in [3.63, 3.8) is 0 Å². The number of carbonyl (C=O) groups is 1. The van der Waals surface area contributed by atoms with Gasteiger partial charge in [-0.1, -0.05) is 32.6 Å². The first kappa shape index (κ1) is 17.9. The number of aromatic hydroxyl groups is 1. The van der Waals surface area contributed by atoms with Crippen LogP contribution in [-0.4, -0.2) is 17.7 Å². The van der Waals surface area contributed by atoms with Crippen molar-refractivity contribution in [2.75, 3.05) is 6.61 Å². The van der Waals surface area contributed by atoms with E-state index >= 15 is 0 Å². The third-order valence-electron chi connectivity index (χ3n) is 3.65. The van der Waals surface area contributed by atoms with E-state index in [-0.39, 0.29) is 5.75 Å². The molecule has 0 atom stereocenters. The molecule has 4 nitrogen and oxygen atoms in total. The summed E-state index contributed by atoms with van der Waals surface area (Å²) in [5.74, 6) is 0.889. The van der Waals surface area contributed by atoms with E-state index in [1.807, 2.05) is 0 Å². The molecule has 0 aliphatic carbocycles. The molecule has 0 amide bonds. The van der Waals surface area contributed by atoms with E-state index in [1.54, 1.807) is 24.3 Å². The Kier molecular flexibility index (Phi) is 7.15. The standard InChI is InChI=1S/C20H24O4/c1-2-3-4-5-6-15-23-18-11-13-19(14-12-18)24-20(22)16-7-9-17(21)10-8-16/h7-14,21H,2-6,15H2,1H3. The van der Waals surface area contributed by atoms with Crippen molar-refractivity contribution in [3.8, 4) is 17.2 Å². The zero-order valence-electron chi connectivity index (χ0n) is 14.0. The average molecular weight is 328 g/mol. The number of rotatable bonds is 9. The molecule has 0 saturated carbocycles. The molecule has 0 aliphatic heterocycles. The second-order valence-electron chi connectivity index (χ2n) is 5.67. The van der Waals surface area contributed by atoms with Crippen LogP contribution >= 0.6 is 0 Å². The van der Waals surface area contributed by atoms with Crippen LogP contribution in [0.15, 0.2) is 48.5 Å². The Morgan fingerprint density at radius 3 is 2.17 bits per heavy atom. The van der Waals surface area contributed by atoms with Gasteiger partial charge in [0.05, 0.1) is 12.2 Å². The first-order valence-electron chi connectivity index (χ1n) is 8.43. The van der Waals surface area contributed by atoms with E-state index in [1.165, 1.54) is 49.9 Å². The molecule has 0 bridgehead atoms. The van der Waals surface area contributed by atoms with Crippen LogP contribution in [0.1, 0.15) is 49.4 Å². The summed E-state index contributed by atoms with van der Waals surface area (Å²) in [7, 11) is 0. The highest BCUT2D eigenvalue weighted by Gasteiger charge is 2.08. The zero-order valence-corrected chi connectivity index (χ0v) is 14.0. The molecular formula is C20H24O4. The van der Waals surface area contributed by atoms with Gasteiger partial charge in [-0.15, -0.1) is 0 Å². The Morgan fingerprint density at radius 1 is 0.875 bits per heavy atom. The van der Waals surface area contributed by atoms with Gasteiger partial charge in [0, 0.05) is 0 Å². The fourth-order valence-electron chi connectivity index (χ4n) is 2.26. The largest absolute Gasteiger partial charge is 0.508 e. The van der Waals surface area contributed by atoms with Crippen LogP contribution in [0.4, 0.5) is 0 Å². The van der Waals surface area contributed by atoms with Gasteiger partial charge in [-0.25, -0.2) is 4.79 Å². The summed E-state index contributed by atoms with van der Waals surface area (Å²) < 4.78 is 11.0. The van der Waals surface area contributed by atoms with Crippen LogP contribution in [0.25, 0.3) is 0 Å². The van der Waals surface area contributed by atoms with Crippen molar-refractivity contribution in [1.82, 2.24) is 0 Å². The van der Waals surface area contributed by atoms with Gasteiger partial charge in [0.1, 0.15) is 17.2 Å². The van der Waals surface area contributed by atoms with Gasteiger partial charge in [-0.2, -0.15) is 0 Å². The second-order valence-corrected chi connectivity index (χ2v) is 5.67. The number of ether oxygens (including phenoxy) is 2. The minimum atomic E-state index is -0.459. The third-order valence-corrected chi connectivity index (χ3v) is 3.65. The summed E-state index contributed by atoms with van der Waals surface area (Å²) >= 11 is 0. The number of phenols is 1. The molecule has 0 saturated heterocycles. The fraction of sp³-hybridized carbons (Fsp3) is 0.350. The molecule has 2 rings (SSSR count). The van der Waals surface area contributed by atoms with Crippen LogP contribution in [0, 0.1) is 0 Å². The lowest BCUT2D eigenvalue weighted by molar-refractivity contribution is 0.0734. The van der Waals surface area contributed by atoms with Crippen LogP contribution in [-0.2, 0) is 0 Å². The maximum absolute atomic E-state index is 12.0. The van der Waals surface area contributed by atoms with Gasteiger partial charge in [0.25, 0.3) is 0 Å². The van der Waals surface area contributed by atoms with Crippen molar-refractivity contribution in [3.05, 3.63) is 54.1 Å².